The minimum Gasteiger partial charge on any atom is -0.497 e. The number of benzene rings is 1. The normalized spacial score (nSPS) is 21.6. The van der Waals surface area contributed by atoms with E-state index in [1.807, 2.05) is 23.1 Å². The third-order valence-corrected chi connectivity index (χ3v) is 5.89. The highest BCUT2D eigenvalue weighted by atomic mass is 32.2. The van der Waals surface area contributed by atoms with E-state index in [1.165, 1.54) is 0 Å². The van der Waals surface area contributed by atoms with E-state index in [0.29, 0.717) is 5.75 Å². The molecule has 6 nitrogen and oxygen atoms in total. The topological polar surface area (TPSA) is 51.2 Å². The van der Waals surface area contributed by atoms with Crippen LogP contribution in [0.2, 0.25) is 0 Å². The summed E-state index contributed by atoms with van der Waals surface area (Å²) in [4.78, 5) is 16.8. The number of hydrogen-bond acceptors (Lipinski definition) is 6. The molecule has 0 N–H and O–H groups in total. The zero-order valence-electron chi connectivity index (χ0n) is 14.9. The molecule has 1 atom stereocenters. The van der Waals surface area contributed by atoms with Gasteiger partial charge in [0.1, 0.15) is 16.9 Å². The first kappa shape index (κ1) is 18.4. The van der Waals surface area contributed by atoms with Gasteiger partial charge in [-0.25, -0.2) is 0 Å². The Morgan fingerprint density at radius 1 is 1.20 bits per heavy atom. The smallest absolute Gasteiger partial charge is 0.233 e. The number of carbonyl (C=O) groups is 1. The van der Waals surface area contributed by atoms with Crippen molar-refractivity contribution < 1.29 is 19.0 Å². The average Bonchev–Trinajstić information content (AvgIpc) is 3.02. The van der Waals surface area contributed by atoms with Crippen molar-refractivity contribution in [2.45, 2.75) is 11.8 Å². The molecule has 0 radical (unpaired) electrons. The van der Waals surface area contributed by atoms with Crippen LogP contribution >= 0.6 is 11.8 Å². The summed E-state index contributed by atoms with van der Waals surface area (Å²) in [5.41, 5.74) is 1.03. The second kappa shape index (κ2) is 8.78. The van der Waals surface area contributed by atoms with Gasteiger partial charge in [0.15, 0.2) is 0 Å². The van der Waals surface area contributed by atoms with Crippen molar-refractivity contribution in [2.24, 2.45) is 0 Å². The molecule has 25 heavy (non-hydrogen) atoms. The van der Waals surface area contributed by atoms with Crippen molar-refractivity contribution in [2.75, 3.05) is 59.4 Å². The Labute approximate surface area is 153 Å². The third kappa shape index (κ3) is 4.40. The predicted molar refractivity (Wildman–Crippen MR) is 98.3 cm³/mol. The average molecular weight is 366 g/mol. The number of ether oxygens (including phenoxy) is 3. The van der Waals surface area contributed by atoms with E-state index < -0.39 is 0 Å². The molecular weight excluding hydrogens is 340 g/mol. The summed E-state index contributed by atoms with van der Waals surface area (Å²) >= 11 is 1.66. The lowest BCUT2D eigenvalue weighted by molar-refractivity contribution is -0.128. The molecule has 2 fully saturated rings. The van der Waals surface area contributed by atoms with Gasteiger partial charge in [-0.15, -0.1) is 11.8 Å². The third-order valence-electron chi connectivity index (χ3n) is 4.65. The fourth-order valence-electron chi connectivity index (χ4n) is 3.27. The summed E-state index contributed by atoms with van der Waals surface area (Å²) < 4.78 is 16.2. The van der Waals surface area contributed by atoms with Crippen molar-refractivity contribution in [1.29, 1.82) is 0 Å². The van der Waals surface area contributed by atoms with Crippen molar-refractivity contribution in [3.05, 3.63) is 23.8 Å². The summed E-state index contributed by atoms with van der Waals surface area (Å²) in [5.74, 6) is 2.26. The van der Waals surface area contributed by atoms with Gasteiger partial charge in [0.25, 0.3) is 0 Å². The molecule has 1 amide bonds. The van der Waals surface area contributed by atoms with Crippen molar-refractivity contribution in [1.82, 2.24) is 9.80 Å². The summed E-state index contributed by atoms with van der Waals surface area (Å²) in [7, 11) is 3.29. The maximum absolute atomic E-state index is 12.4. The summed E-state index contributed by atoms with van der Waals surface area (Å²) in [6.45, 7) is 5.36. The Hall–Kier alpha value is -1.44. The monoisotopic (exact) mass is 366 g/mol. The van der Waals surface area contributed by atoms with Crippen LogP contribution in [0, 0.1) is 0 Å². The summed E-state index contributed by atoms with van der Waals surface area (Å²) in [6, 6.07) is 5.81. The van der Waals surface area contributed by atoms with Gasteiger partial charge in [0, 0.05) is 37.8 Å². The Bertz CT molecular complexity index is 592. The molecule has 0 saturated carbocycles. The Morgan fingerprint density at radius 3 is 2.72 bits per heavy atom. The number of hydrogen-bond donors (Lipinski definition) is 0. The number of methoxy groups -OCH3 is 2. The number of nitrogens with zero attached hydrogens (tertiary/aromatic N) is 2. The van der Waals surface area contributed by atoms with Crippen LogP contribution in [0.1, 0.15) is 17.4 Å². The standard InChI is InChI=1S/C18H26N2O4S/c1-22-14-4-5-15(16(12-14)23-2)18-20(17(21)13-25-18)7-3-6-19-8-10-24-11-9-19/h4-5,12,18H,3,6-11,13H2,1-2H3. The first-order valence-corrected chi connectivity index (χ1v) is 9.71. The zero-order chi connectivity index (χ0) is 17.6. The van der Waals surface area contributed by atoms with Crippen LogP contribution in [0.25, 0.3) is 0 Å². The van der Waals surface area contributed by atoms with Gasteiger partial charge in [-0.1, -0.05) is 0 Å². The van der Waals surface area contributed by atoms with Crippen LogP contribution in [0.4, 0.5) is 0 Å². The molecule has 0 bridgehead atoms. The molecule has 3 rings (SSSR count). The number of carbonyl (C=O) groups excluding carboxylic acids is 1. The molecule has 1 unspecified atom stereocenters. The van der Waals surface area contributed by atoms with Gasteiger partial charge in [-0.2, -0.15) is 0 Å². The highest BCUT2D eigenvalue weighted by Gasteiger charge is 2.34. The molecule has 1 aromatic rings. The Balaban J connectivity index is 1.65. The van der Waals surface area contributed by atoms with Crippen LogP contribution in [0.15, 0.2) is 18.2 Å². The molecule has 2 saturated heterocycles. The minimum absolute atomic E-state index is 0.0121. The van der Waals surface area contributed by atoms with Crippen molar-refractivity contribution >= 4 is 17.7 Å². The van der Waals surface area contributed by atoms with E-state index in [1.54, 1.807) is 26.0 Å². The quantitative estimate of drug-likeness (QED) is 0.736. The Kier molecular flexibility index (Phi) is 6.45. The second-order valence-corrected chi connectivity index (χ2v) is 7.23. The van der Waals surface area contributed by atoms with E-state index in [4.69, 9.17) is 14.2 Å². The molecule has 1 aromatic carbocycles. The summed E-state index contributed by atoms with van der Waals surface area (Å²) in [5, 5.41) is 0.0121. The molecule has 2 aliphatic rings. The predicted octanol–water partition coefficient (Wildman–Crippen LogP) is 2.00. The highest BCUT2D eigenvalue weighted by Crippen LogP contribution is 2.43. The maximum atomic E-state index is 12.4. The molecule has 2 heterocycles. The van der Waals surface area contributed by atoms with Crippen LogP contribution < -0.4 is 9.47 Å². The van der Waals surface area contributed by atoms with E-state index in [9.17, 15) is 4.79 Å². The molecule has 2 aliphatic heterocycles. The molecular formula is C18H26N2O4S. The van der Waals surface area contributed by atoms with Crippen LogP contribution in [0.3, 0.4) is 0 Å². The largest absolute Gasteiger partial charge is 0.497 e. The molecule has 0 aromatic heterocycles. The van der Waals surface area contributed by atoms with Crippen molar-refractivity contribution in [3.8, 4) is 11.5 Å². The number of morpholine rings is 1. The number of thioether (sulfide) groups is 1. The summed E-state index contributed by atoms with van der Waals surface area (Å²) in [6.07, 6.45) is 0.973. The van der Waals surface area contributed by atoms with E-state index >= 15 is 0 Å². The van der Waals surface area contributed by atoms with Gasteiger partial charge in [0.2, 0.25) is 5.91 Å². The van der Waals surface area contributed by atoms with Gasteiger partial charge in [0.05, 0.1) is 33.2 Å². The van der Waals surface area contributed by atoms with Gasteiger partial charge >= 0.3 is 0 Å². The molecule has 0 spiro atoms. The maximum Gasteiger partial charge on any atom is 0.233 e. The van der Waals surface area contributed by atoms with Crippen LogP contribution in [-0.2, 0) is 9.53 Å². The second-order valence-electron chi connectivity index (χ2n) is 6.17. The molecule has 138 valence electrons. The number of amides is 1. The van der Waals surface area contributed by atoms with Crippen LogP contribution in [-0.4, -0.2) is 75.1 Å². The first-order valence-electron chi connectivity index (χ1n) is 8.66. The minimum atomic E-state index is 0.0121. The van der Waals surface area contributed by atoms with Gasteiger partial charge in [-0.3, -0.25) is 9.69 Å². The highest BCUT2D eigenvalue weighted by molar-refractivity contribution is 8.00. The molecule has 0 aliphatic carbocycles. The molecule has 7 heteroatoms. The zero-order valence-corrected chi connectivity index (χ0v) is 15.7. The lowest BCUT2D eigenvalue weighted by Gasteiger charge is -2.29. The van der Waals surface area contributed by atoms with Crippen LogP contribution in [0.5, 0.6) is 11.5 Å². The number of rotatable bonds is 7. The lowest BCUT2D eigenvalue weighted by Crippen LogP contribution is -2.38. The van der Waals surface area contributed by atoms with E-state index in [-0.39, 0.29) is 11.3 Å². The van der Waals surface area contributed by atoms with E-state index in [2.05, 4.69) is 4.90 Å². The van der Waals surface area contributed by atoms with E-state index in [0.717, 1.165) is 62.9 Å². The Morgan fingerprint density at radius 2 is 2.00 bits per heavy atom. The first-order chi connectivity index (χ1) is 12.2. The SMILES string of the molecule is COc1ccc(C2SCC(=O)N2CCCN2CCOCC2)c(OC)c1. The fraction of sp³-hybridized carbons (Fsp3) is 0.611. The fourth-order valence-corrected chi connectivity index (χ4v) is 4.51. The van der Waals surface area contributed by atoms with Gasteiger partial charge < -0.3 is 19.1 Å². The lowest BCUT2D eigenvalue weighted by atomic mass is 10.1. The van der Waals surface area contributed by atoms with Crippen molar-refractivity contribution in [3.63, 3.8) is 0 Å². The van der Waals surface area contributed by atoms with Gasteiger partial charge in [-0.05, 0) is 18.6 Å².